The van der Waals surface area contributed by atoms with Gasteiger partial charge in [0.25, 0.3) is 0 Å². The number of fused-ring (bicyclic) bond motifs is 1. The van der Waals surface area contributed by atoms with Crippen LogP contribution in [0.1, 0.15) is 12.6 Å². The Balaban J connectivity index is 2.30. The van der Waals surface area contributed by atoms with Gasteiger partial charge in [-0.3, -0.25) is 9.78 Å². The summed E-state index contributed by atoms with van der Waals surface area (Å²) in [6.07, 6.45) is 0. The van der Waals surface area contributed by atoms with Crippen molar-refractivity contribution in [3.05, 3.63) is 36.0 Å². The highest BCUT2D eigenvalue weighted by Gasteiger charge is 2.00. The highest BCUT2D eigenvalue weighted by molar-refractivity contribution is 5.80. The largest absolute Gasteiger partial charge is 0.486 e. The summed E-state index contributed by atoms with van der Waals surface area (Å²) in [4.78, 5) is 15.2. The van der Waals surface area contributed by atoms with Gasteiger partial charge >= 0.3 is 0 Å². The summed E-state index contributed by atoms with van der Waals surface area (Å²) in [6, 6.07) is 9.58. The first-order valence-corrected chi connectivity index (χ1v) is 5.15. The van der Waals surface area contributed by atoms with Crippen LogP contribution in [0.5, 0.6) is 5.75 Å². The fourth-order valence-electron chi connectivity index (χ4n) is 1.48. The molecule has 0 N–H and O–H groups in total. The van der Waals surface area contributed by atoms with Gasteiger partial charge in [-0.1, -0.05) is 6.07 Å². The molecule has 1 aromatic heterocycles. The van der Waals surface area contributed by atoms with Crippen LogP contribution in [0.3, 0.4) is 0 Å². The van der Waals surface area contributed by atoms with Crippen molar-refractivity contribution in [2.75, 3.05) is 6.61 Å². The lowest BCUT2D eigenvalue weighted by molar-refractivity contribution is -0.118. The molecule has 0 amide bonds. The third-order valence-corrected chi connectivity index (χ3v) is 2.24. The minimum Gasteiger partial charge on any atom is -0.486 e. The maximum Gasteiger partial charge on any atom is 0.167 e. The third-order valence-electron chi connectivity index (χ3n) is 2.24. The van der Waals surface area contributed by atoms with Gasteiger partial charge in [-0.25, -0.2) is 0 Å². The fraction of sp³-hybridized carbons (Fsp3) is 0.231. The predicted octanol–water partition coefficient (Wildman–Crippen LogP) is 2.51. The zero-order valence-electron chi connectivity index (χ0n) is 9.36. The van der Waals surface area contributed by atoms with Crippen molar-refractivity contribution in [1.82, 2.24) is 4.98 Å². The second-order valence-electron chi connectivity index (χ2n) is 3.80. The average molecular weight is 215 g/mol. The molecule has 0 aliphatic rings. The molecule has 0 bridgehead atoms. The Bertz CT molecular complexity index is 534. The molecular weight excluding hydrogens is 202 g/mol. The molecule has 2 aromatic rings. The summed E-state index contributed by atoms with van der Waals surface area (Å²) in [6.45, 7) is 3.58. The zero-order valence-corrected chi connectivity index (χ0v) is 9.36. The number of hydrogen-bond acceptors (Lipinski definition) is 3. The molecular formula is C13H13NO2. The highest BCUT2D eigenvalue weighted by atomic mass is 16.5. The molecule has 0 saturated heterocycles. The Morgan fingerprint density at radius 2 is 2.12 bits per heavy atom. The van der Waals surface area contributed by atoms with Gasteiger partial charge in [-0.15, -0.1) is 0 Å². The topological polar surface area (TPSA) is 39.2 Å². The Morgan fingerprint density at radius 3 is 2.88 bits per heavy atom. The van der Waals surface area contributed by atoms with E-state index in [1.54, 1.807) is 0 Å². The van der Waals surface area contributed by atoms with E-state index in [2.05, 4.69) is 4.98 Å². The molecule has 16 heavy (non-hydrogen) atoms. The summed E-state index contributed by atoms with van der Waals surface area (Å²) < 4.78 is 5.33. The number of pyridine rings is 1. The van der Waals surface area contributed by atoms with Gasteiger partial charge in [-0.2, -0.15) is 0 Å². The number of aryl methyl sites for hydroxylation is 1. The Kier molecular flexibility index (Phi) is 2.86. The van der Waals surface area contributed by atoms with Gasteiger partial charge in [-0.05, 0) is 38.1 Å². The summed E-state index contributed by atoms with van der Waals surface area (Å²) >= 11 is 0. The van der Waals surface area contributed by atoms with Gasteiger partial charge in [0, 0.05) is 11.1 Å². The standard InChI is InChI=1S/C13H13NO2/c1-9-3-4-11-7-12(16-8-10(2)15)5-6-13(11)14-9/h3-7H,8H2,1-2H3. The summed E-state index contributed by atoms with van der Waals surface area (Å²) in [7, 11) is 0. The van der Waals surface area contributed by atoms with Crippen LogP contribution in [0.4, 0.5) is 0 Å². The number of hydrogen-bond donors (Lipinski definition) is 0. The third kappa shape index (κ3) is 2.37. The number of benzene rings is 1. The minimum absolute atomic E-state index is 0.0159. The van der Waals surface area contributed by atoms with Gasteiger partial charge in [0.05, 0.1) is 5.52 Å². The first-order valence-electron chi connectivity index (χ1n) is 5.15. The molecule has 0 radical (unpaired) electrons. The maximum absolute atomic E-state index is 10.8. The number of ketones is 1. The van der Waals surface area contributed by atoms with Gasteiger partial charge in [0.2, 0.25) is 0 Å². The number of rotatable bonds is 3. The molecule has 0 saturated carbocycles. The number of nitrogens with zero attached hydrogens (tertiary/aromatic N) is 1. The van der Waals surface area contributed by atoms with Crippen LogP contribution in [0.2, 0.25) is 0 Å². The van der Waals surface area contributed by atoms with Gasteiger partial charge < -0.3 is 4.74 Å². The van der Waals surface area contributed by atoms with E-state index < -0.39 is 0 Å². The smallest absolute Gasteiger partial charge is 0.167 e. The van der Waals surface area contributed by atoms with Crippen molar-refractivity contribution in [3.63, 3.8) is 0 Å². The first kappa shape index (κ1) is 10.6. The number of carbonyl (C=O) groups is 1. The van der Waals surface area contributed by atoms with Crippen molar-refractivity contribution in [2.45, 2.75) is 13.8 Å². The number of Topliss-reactive ketones (excluding diaryl/α,β-unsaturated/α-hetero) is 1. The fourth-order valence-corrected chi connectivity index (χ4v) is 1.48. The van der Waals surface area contributed by atoms with Crippen LogP contribution >= 0.6 is 0 Å². The second kappa shape index (κ2) is 4.31. The molecule has 82 valence electrons. The Labute approximate surface area is 94.1 Å². The summed E-state index contributed by atoms with van der Waals surface area (Å²) in [5, 5.41) is 1.02. The number of aromatic nitrogens is 1. The SMILES string of the molecule is CC(=O)COc1ccc2nc(C)ccc2c1. The average Bonchev–Trinajstić information content (AvgIpc) is 2.26. The first-order chi connectivity index (χ1) is 7.65. The van der Waals surface area contributed by atoms with Crippen LogP contribution in [0.15, 0.2) is 30.3 Å². The monoisotopic (exact) mass is 215 g/mol. The quantitative estimate of drug-likeness (QED) is 0.789. The van der Waals surface area contributed by atoms with E-state index in [1.165, 1.54) is 6.92 Å². The van der Waals surface area contributed by atoms with E-state index >= 15 is 0 Å². The molecule has 0 unspecified atom stereocenters. The van der Waals surface area contributed by atoms with Gasteiger partial charge in [0.1, 0.15) is 12.4 Å². The highest BCUT2D eigenvalue weighted by Crippen LogP contribution is 2.19. The lowest BCUT2D eigenvalue weighted by Gasteiger charge is -2.05. The van der Waals surface area contributed by atoms with Crippen LogP contribution in [-0.4, -0.2) is 17.4 Å². The van der Waals surface area contributed by atoms with E-state index in [0.717, 1.165) is 16.6 Å². The normalized spacial score (nSPS) is 10.4. The lowest BCUT2D eigenvalue weighted by Crippen LogP contribution is -2.06. The summed E-state index contributed by atoms with van der Waals surface area (Å²) in [5.74, 6) is 0.718. The molecule has 1 heterocycles. The molecule has 0 atom stereocenters. The van der Waals surface area contributed by atoms with Crippen molar-refractivity contribution in [1.29, 1.82) is 0 Å². The van der Waals surface area contributed by atoms with E-state index in [-0.39, 0.29) is 12.4 Å². The molecule has 3 nitrogen and oxygen atoms in total. The molecule has 0 fully saturated rings. The van der Waals surface area contributed by atoms with E-state index in [1.807, 2.05) is 37.3 Å². The molecule has 3 heteroatoms. The van der Waals surface area contributed by atoms with Crippen molar-refractivity contribution in [3.8, 4) is 5.75 Å². The lowest BCUT2D eigenvalue weighted by atomic mass is 10.2. The van der Waals surface area contributed by atoms with Gasteiger partial charge in [0.15, 0.2) is 5.78 Å². The van der Waals surface area contributed by atoms with Crippen LogP contribution in [-0.2, 0) is 4.79 Å². The number of ether oxygens (including phenoxy) is 1. The van der Waals surface area contributed by atoms with Crippen LogP contribution in [0, 0.1) is 6.92 Å². The predicted molar refractivity (Wildman–Crippen MR) is 62.7 cm³/mol. The van der Waals surface area contributed by atoms with E-state index in [4.69, 9.17) is 4.74 Å². The summed E-state index contributed by atoms with van der Waals surface area (Å²) in [5.41, 5.74) is 1.93. The molecule has 0 spiro atoms. The van der Waals surface area contributed by atoms with Crippen LogP contribution in [0.25, 0.3) is 10.9 Å². The second-order valence-corrected chi connectivity index (χ2v) is 3.80. The van der Waals surface area contributed by atoms with E-state index in [0.29, 0.717) is 5.75 Å². The van der Waals surface area contributed by atoms with Crippen molar-refractivity contribution in [2.24, 2.45) is 0 Å². The maximum atomic E-state index is 10.8. The van der Waals surface area contributed by atoms with Crippen molar-refractivity contribution >= 4 is 16.7 Å². The van der Waals surface area contributed by atoms with E-state index in [9.17, 15) is 4.79 Å². The zero-order chi connectivity index (χ0) is 11.5. The molecule has 1 aromatic carbocycles. The molecule has 0 aliphatic carbocycles. The Morgan fingerprint density at radius 1 is 1.31 bits per heavy atom. The van der Waals surface area contributed by atoms with Crippen LogP contribution < -0.4 is 4.74 Å². The molecule has 2 rings (SSSR count). The minimum atomic E-state index is 0.0159. The number of carbonyl (C=O) groups excluding carboxylic acids is 1. The molecule has 0 aliphatic heterocycles. The van der Waals surface area contributed by atoms with Crippen molar-refractivity contribution < 1.29 is 9.53 Å². The Hall–Kier alpha value is -1.90.